The van der Waals surface area contributed by atoms with Crippen LogP contribution in [0.15, 0.2) is 114 Å². The van der Waals surface area contributed by atoms with Gasteiger partial charge in [-0.05, 0) is 82.1 Å². The number of amides is 2. The van der Waals surface area contributed by atoms with E-state index in [2.05, 4.69) is 5.32 Å². The van der Waals surface area contributed by atoms with E-state index >= 15 is 0 Å². The van der Waals surface area contributed by atoms with E-state index in [4.69, 9.17) is 4.74 Å². The van der Waals surface area contributed by atoms with Gasteiger partial charge in [-0.15, -0.1) is 0 Å². The number of ether oxygens (including phenoxy) is 1. The summed E-state index contributed by atoms with van der Waals surface area (Å²) in [4.78, 5) is 30.0. The molecule has 1 N–H and O–H groups in total. The standard InChI is InChI=1S/C37H43N3O5S/c1-6-45-32-21-23-33(24-22-32)46(43,44)40(31-19-17-28(2)18-20-31)27-35(41)39(26-30-15-11-8-12-16-30)34(36(42)38-37(3,4)5)25-29-13-9-7-10-14-29/h7-24,34H,6,25-27H2,1-5H3,(H,38,42)/t34-/m1/s1. The molecule has 242 valence electrons. The molecule has 46 heavy (non-hydrogen) atoms. The number of carbonyl (C=O) groups is 2. The molecule has 0 fully saturated rings. The van der Waals surface area contributed by atoms with Gasteiger partial charge in [0.1, 0.15) is 18.3 Å². The normalized spacial score (nSPS) is 12.2. The molecular weight excluding hydrogens is 598 g/mol. The fourth-order valence-corrected chi connectivity index (χ4v) is 6.44. The van der Waals surface area contributed by atoms with Gasteiger partial charge in [0.25, 0.3) is 10.0 Å². The van der Waals surface area contributed by atoms with Crippen molar-refractivity contribution in [3.63, 3.8) is 0 Å². The van der Waals surface area contributed by atoms with Crippen molar-refractivity contribution in [3.05, 3.63) is 126 Å². The average Bonchev–Trinajstić information content (AvgIpc) is 3.02. The number of nitrogens with one attached hydrogen (secondary N) is 1. The van der Waals surface area contributed by atoms with Gasteiger partial charge >= 0.3 is 0 Å². The molecule has 0 aliphatic rings. The third-order valence-corrected chi connectivity index (χ3v) is 9.08. The molecule has 0 aliphatic carbocycles. The van der Waals surface area contributed by atoms with Gasteiger partial charge in [0.2, 0.25) is 11.8 Å². The van der Waals surface area contributed by atoms with Crippen molar-refractivity contribution in [1.29, 1.82) is 0 Å². The number of rotatable bonds is 13. The summed E-state index contributed by atoms with van der Waals surface area (Å²) < 4.78 is 35.1. The quantitative estimate of drug-likeness (QED) is 0.189. The second kappa shape index (κ2) is 15.1. The zero-order valence-corrected chi connectivity index (χ0v) is 28.0. The van der Waals surface area contributed by atoms with Gasteiger partial charge in [-0.2, -0.15) is 0 Å². The molecule has 4 aromatic rings. The first-order valence-corrected chi connectivity index (χ1v) is 16.8. The minimum absolute atomic E-state index is 0.0187. The maximum absolute atomic E-state index is 14.5. The summed E-state index contributed by atoms with van der Waals surface area (Å²) in [7, 11) is -4.20. The number of hydrogen-bond donors (Lipinski definition) is 1. The molecular formula is C37H43N3O5S. The topological polar surface area (TPSA) is 96.0 Å². The number of anilines is 1. The van der Waals surface area contributed by atoms with Crippen LogP contribution in [-0.2, 0) is 32.6 Å². The molecule has 0 heterocycles. The molecule has 4 rings (SSSR count). The number of aryl methyl sites for hydroxylation is 1. The van der Waals surface area contributed by atoms with Crippen LogP contribution in [0.2, 0.25) is 0 Å². The molecule has 1 atom stereocenters. The Balaban J connectivity index is 1.79. The summed E-state index contributed by atoms with van der Waals surface area (Å²) in [6.45, 7) is 9.45. The van der Waals surface area contributed by atoms with Gasteiger partial charge in [0.15, 0.2) is 0 Å². The van der Waals surface area contributed by atoms with Crippen LogP contribution >= 0.6 is 0 Å². The maximum atomic E-state index is 14.5. The molecule has 0 spiro atoms. The van der Waals surface area contributed by atoms with E-state index in [0.717, 1.165) is 21.0 Å². The van der Waals surface area contributed by atoms with E-state index in [-0.39, 0.29) is 23.8 Å². The van der Waals surface area contributed by atoms with E-state index in [9.17, 15) is 18.0 Å². The molecule has 0 saturated heterocycles. The highest BCUT2D eigenvalue weighted by molar-refractivity contribution is 7.92. The predicted octanol–water partition coefficient (Wildman–Crippen LogP) is 6.14. The van der Waals surface area contributed by atoms with Crippen molar-refractivity contribution in [2.45, 2.75) is 64.1 Å². The highest BCUT2D eigenvalue weighted by Crippen LogP contribution is 2.27. The van der Waals surface area contributed by atoms with E-state index < -0.39 is 34.1 Å². The average molecular weight is 642 g/mol. The summed E-state index contributed by atoms with van der Waals surface area (Å²) >= 11 is 0. The minimum Gasteiger partial charge on any atom is -0.494 e. The van der Waals surface area contributed by atoms with Crippen LogP contribution in [0.25, 0.3) is 0 Å². The predicted molar refractivity (Wildman–Crippen MR) is 182 cm³/mol. The highest BCUT2D eigenvalue weighted by Gasteiger charge is 2.35. The Morgan fingerprint density at radius 1 is 0.804 bits per heavy atom. The monoisotopic (exact) mass is 641 g/mol. The number of carbonyl (C=O) groups excluding carboxylic acids is 2. The Labute approximate surface area is 273 Å². The number of nitrogens with zero attached hydrogens (tertiary/aromatic N) is 2. The molecule has 9 heteroatoms. The van der Waals surface area contributed by atoms with Crippen LogP contribution in [0, 0.1) is 6.92 Å². The van der Waals surface area contributed by atoms with Crippen LogP contribution in [-0.4, -0.2) is 49.9 Å². The van der Waals surface area contributed by atoms with Crippen molar-refractivity contribution in [2.24, 2.45) is 0 Å². The number of benzene rings is 4. The summed E-state index contributed by atoms with van der Waals surface area (Å²) in [6, 6.07) is 31.1. The second-order valence-corrected chi connectivity index (χ2v) is 14.1. The lowest BCUT2D eigenvalue weighted by molar-refractivity contribution is -0.140. The van der Waals surface area contributed by atoms with E-state index in [1.807, 2.05) is 95.3 Å². The first-order chi connectivity index (χ1) is 21.9. The van der Waals surface area contributed by atoms with Crippen LogP contribution in [0.1, 0.15) is 44.4 Å². The van der Waals surface area contributed by atoms with Crippen molar-refractivity contribution in [3.8, 4) is 5.75 Å². The van der Waals surface area contributed by atoms with E-state index in [1.165, 1.54) is 17.0 Å². The van der Waals surface area contributed by atoms with Gasteiger partial charge in [-0.3, -0.25) is 13.9 Å². The smallest absolute Gasteiger partial charge is 0.264 e. The molecule has 0 radical (unpaired) electrons. The number of sulfonamides is 1. The Morgan fingerprint density at radius 2 is 1.37 bits per heavy atom. The van der Waals surface area contributed by atoms with Crippen molar-refractivity contribution < 1.29 is 22.7 Å². The molecule has 0 bridgehead atoms. The maximum Gasteiger partial charge on any atom is 0.264 e. The zero-order valence-electron chi connectivity index (χ0n) is 27.1. The highest BCUT2D eigenvalue weighted by atomic mass is 32.2. The van der Waals surface area contributed by atoms with E-state index in [0.29, 0.717) is 18.0 Å². The fraction of sp³-hybridized carbons (Fsp3) is 0.297. The molecule has 0 saturated carbocycles. The van der Waals surface area contributed by atoms with Crippen LogP contribution < -0.4 is 14.4 Å². The van der Waals surface area contributed by atoms with Gasteiger partial charge in [0, 0.05) is 18.5 Å². The Hall–Kier alpha value is -4.63. The van der Waals surface area contributed by atoms with Gasteiger partial charge in [-0.25, -0.2) is 8.42 Å². The lowest BCUT2D eigenvalue weighted by Gasteiger charge is -2.35. The fourth-order valence-electron chi connectivity index (χ4n) is 5.03. The molecule has 2 amide bonds. The number of hydrogen-bond acceptors (Lipinski definition) is 5. The zero-order chi connectivity index (χ0) is 33.3. The van der Waals surface area contributed by atoms with Gasteiger partial charge in [0.05, 0.1) is 17.2 Å². The summed E-state index contributed by atoms with van der Waals surface area (Å²) in [5.74, 6) is -0.289. The lowest BCUT2D eigenvalue weighted by Crippen LogP contribution is -2.56. The largest absolute Gasteiger partial charge is 0.494 e. The van der Waals surface area contributed by atoms with Gasteiger partial charge in [-0.1, -0.05) is 78.4 Å². The van der Waals surface area contributed by atoms with Crippen molar-refractivity contribution in [2.75, 3.05) is 17.5 Å². The Morgan fingerprint density at radius 3 is 1.91 bits per heavy atom. The second-order valence-electron chi connectivity index (χ2n) is 12.2. The molecule has 4 aromatic carbocycles. The summed E-state index contributed by atoms with van der Waals surface area (Å²) in [5, 5.41) is 3.05. The minimum atomic E-state index is -4.20. The Kier molecular flexibility index (Phi) is 11.2. The third kappa shape index (κ3) is 9.20. The van der Waals surface area contributed by atoms with Crippen LogP contribution in [0.4, 0.5) is 5.69 Å². The van der Waals surface area contributed by atoms with Crippen molar-refractivity contribution >= 4 is 27.5 Å². The summed E-state index contributed by atoms with van der Waals surface area (Å²) in [5.41, 5.74) is 2.42. The molecule has 0 aliphatic heterocycles. The first kappa shape index (κ1) is 34.2. The SMILES string of the molecule is CCOc1ccc(S(=O)(=O)N(CC(=O)N(Cc2ccccc2)[C@H](Cc2ccccc2)C(=O)NC(C)(C)C)c2ccc(C)cc2)cc1. The molecule has 0 unspecified atom stereocenters. The molecule has 0 aromatic heterocycles. The lowest BCUT2D eigenvalue weighted by atomic mass is 10.0. The third-order valence-electron chi connectivity index (χ3n) is 7.29. The Bertz CT molecular complexity index is 1690. The summed E-state index contributed by atoms with van der Waals surface area (Å²) in [6.07, 6.45) is 0.248. The van der Waals surface area contributed by atoms with Crippen molar-refractivity contribution in [1.82, 2.24) is 10.2 Å². The van der Waals surface area contributed by atoms with Crippen LogP contribution in [0.5, 0.6) is 5.75 Å². The van der Waals surface area contributed by atoms with Gasteiger partial charge < -0.3 is 15.0 Å². The molecule has 8 nitrogen and oxygen atoms in total. The van der Waals surface area contributed by atoms with Crippen LogP contribution in [0.3, 0.4) is 0 Å². The first-order valence-electron chi connectivity index (χ1n) is 15.4. The van der Waals surface area contributed by atoms with E-state index in [1.54, 1.807) is 36.4 Å².